The molecule has 7 heteroatoms. The minimum Gasteiger partial charge on any atom is -0.366 e. The van der Waals surface area contributed by atoms with Crippen LogP contribution >= 0.6 is 0 Å². The number of anilines is 1. The number of aryl methyl sites for hydroxylation is 1. The van der Waals surface area contributed by atoms with Crippen molar-refractivity contribution in [2.45, 2.75) is 19.9 Å². The van der Waals surface area contributed by atoms with E-state index in [1.165, 1.54) is 0 Å². The Morgan fingerprint density at radius 3 is 2.73 bits per heavy atom. The lowest BCUT2D eigenvalue weighted by atomic mass is 10.2. The lowest BCUT2D eigenvalue weighted by Gasteiger charge is -2.09. The van der Waals surface area contributed by atoms with Gasteiger partial charge < -0.3 is 15.3 Å². The Hall–Kier alpha value is -3.48. The highest BCUT2D eigenvalue weighted by atomic mass is 16.1. The zero-order valence-corrected chi connectivity index (χ0v) is 14.3. The maximum Gasteiger partial charge on any atom is 0.323 e. The molecule has 0 bridgehead atoms. The Morgan fingerprint density at radius 1 is 1.04 bits per heavy atom. The van der Waals surface area contributed by atoms with Crippen LogP contribution in [0, 0.1) is 0 Å². The van der Waals surface area contributed by atoms with Crippen LogP contribution in [0.15, 0.2) is 53.5 Å². The van der Waals surface area contributed by atoms with Crippen LogP contribution < -0.4 is 11.0 Å². The molecule has 0 aliphatic heterocycles. The Balaban J connectivity index is 1.59. The summed E-state index contributed by atoms with van der Waals surface area (Å²) >= 11 is 0. The summed E-state index contributed by atoms with van der Waals surface area (Å²) < 4.78 is 0. The Kier molecular flexibility index (Phi) is 4.18. The molecule has 0 unspecified atom stereocenters. The number of hydrogen-bond acceptors (Lipinski definition) is 5. The van der Waals surface area contributed by atoms with Crippen molar-refractivity contribution in [1.29, 1.82) is 0 Å². The molecule has 26 heavy (non-hydrogen) atoms. The molecule has 4 aromatic rings. The topological polar surface area (TPSA) is 99.3 Å². The fourth-order valence-electron chi connectivity index (χ4n) is 2.76. The van der Waals surface area contributed by atoms with E-state index in [2.05, 4.69) is 37.2 Å². The van der Waals surface area contributed by atoms with Crippen molar-refractivity contribution in [3.8, 4) is 11.5 Å². The van der Waals surface area contributed by atoms with Crippen LogP contribution in [0.4, 0.5) is 5.82 Å². The van der Waals surface area contributed by atoms with Gasteiger partial charge in [0, 0.05) is 24.5 Å². The molecule has 0 fully saturated rings. The van der Waals surface area contributed by atoms with Crippen molar-refractivity contribution < 1.29 is 0 Å². The number of aromatic amines is 2. The van der Waals surface area contributed by atoms with Gasteiger partial charge in [0.1, 0.15) is 11.5 Å². The quantitative estimate of drug-likeness (QED) is 0.516. The van der Waals surface area contributed by atoms with Crippen molar-refractivity contribution >= 4 is 16.9 Å². The molecule has 0 radical (unpaired) electrons. The molecule has 4 rings (SSSR count). The van der Waals surface area contributed by atoms with E-state index >= 15 is 0 Å². The van der Waals surface area contributed by atoms with Crippen molar-refractivity contribution in [3.63, 3.8) is 0 Å². The van der Waals surface area contributed by atoms with Gasteiger partial charge in [-0.3, -0.25) is 4.98 Å². The molecular formula is C19H18N6O. The summed E-state index contributed by atoms with van der Waals surface area (Å²) in [5.74, 6) is 1.36. The van der Waals surface area contributed by atoms with E-state index in [-0.39, 0.29) is 5.69 Å². The molecule has 0 aliphatic rings. The first-order valence-electron chi connectivity index (χ1n) is 8.45. The van der Waals surface area contributed by atoms with Crippen LogP contribution in [-0.4, -0.2) is 24.9 Å². The van der Waals surface area contributed by atoms with Gasteiger partial charge in [0.15, 0.2) is 5.82 Å². The minimum atomic E-state index is -0.200. The van der Waals surface area contributed by atoms with Crippen LogP contribution in [0.1, 0.15) is 18.2 Å². The second kappa shape index (κ2) is 6.79. The van der Waals surface area contributed by atoms with Gasteiger partial charge in [-0.2, -0.15) is 0 Å². The molecule has 0 saturated carbocycles. The molecule has 3 aromatic heterocycles. The molecule has 0 saturated heterocycles. The maximum absolute atomic E-state index is 11.4. The van der Waals surface area contributed by atoms with E-state index < -0.39 is 0 Å². The number of imidazole rings is 1. The standard InChI is InChI=1S/C19H18N6O/c1-2-13-10-17(25-18(22-13)15-5-3-4-8-20-15)21-11-12-6-7-14-16(9-12)24-19(26)23-14/h3-10H,2,11H2,1H3,(H,21,22,25)(H2,23,24,26). The summed E-state index contributed by atoms with van der Waals surface area (Å²) in [5, 5.41) is 3.34. The lowest BCUT2D eigenvalue weighted by molar-refractivity contribution is 0.987. The van der Waals surface area contributed by atoms with Crippen LogP contribution in [0.25, 0.3) is 22.6 Å². The number of nitrogens with one attached hydrogen (secondary N) is 3. The van der Waals surface area contributed by atoms with Gasteiger partial charge in [-0.1, -0.05) is 19.1 Å². The Bertz CT molecular complexity index is 1100. The van der Waals surface area contributed by atoms with Gasteiger partial charge in [-0.05, 0) is 36.2 Å². The van der Waals surface area contributed by atoms with E-state index in [4.69, 9.17) is 0 Å². The number of hydrogen-bond donors (Lipinski definition) is 3. The van der Waals surface area contributed by atoms with Crippen LogP contribution in [0.5, 0.6) is 0 Å². The first-order valence-corrected chi connectivity index (χ1v) is 8.45. The molecule has 3 N–H and O–H groups in total. The first-order chi connectivity index (χ1) is 12.7. The van der Waals surface area contributed by atoms with Crippen molar-refractivity contribution in [2.24, 2.45) is 0 Å². The van der Waals surface area contributed by atoms with Gasteiger partial charge >= 0.3 is 5.69 Å². The van der Waals surface area contributed by atoms with E-state index in [9.17, 15) is 4.79 Å². The van der Waals surface area contributed by atoms with Crippen LogP contribution in [0.3, 0.4) is 0 Å². The molecule has 7 nitrogen and oxygen atoms in total. The van der Waals surface area contributed by atoms with Gasteiger partial charge in [0.25, 0.3) is 0 Å². The minimum absolute atomic E-state index is 0.200. The summed E-state index contributed by atoms with van der Waals surface area (Å²) in [5.41, 5.74) is 4.13. The number of fused-ring (bicyclic) bond motifs is 1. The monoisotopic (exact) mass is 346 g/mol. The zero-order chi connectivity index (χ0) is 17.9. The van der Waals surface area contributed by atoms with Crippen LogP contribution in [0.2, 0.25) is 0 Å². The number of aromatic nitrogens is 5. The second-order valence-corrected chi connectivity index (χ2v) is 5.95. The Labute approximate surface area is 149 Å². The van der Waals surface area contributed by atoms with E-state index in [1.807, 2.05) is 42.5 Å². The molecular weight excluding hydrogens is 328 g/mol. The van der Waals surface area contributed by atoms with Gasteiger partial charge in [-0.15, -0.1) is 0 Å². The highest BCUT2D eigenvalue weighted by molar-refractivity contribution is 5.75. The van der Waals surface area contributed by atoms with Crippen LogP contribution in [-0.2, 0) is 13.0 Å². The average molecular weight is 346 g/mol. The molecule has 0 spiro atoms. The highest BCUT2D eigenvalue weighted by Gasteiger charge is 2.07. The molecule has 0 amide bonds. The third-order valence-electron chi connectivity index (χ3n) is 4.09. The number of pyridine rings is 1. The zero-order valence-electron chi connectivity index (χ0n) is 14.3. The fourth-order valence-corrected chi connectivity index (χ4v) is 2.76. The van der Waals surface area contributed by atoms with Crippen molar-refractivity contribution in [3.05, 3.63) is 70.4 Å². The Morgan fingerprint density at radius 2 is 1.92 bits per heavy atom. The molecule has 1 aromatic carbocycles. The van der Waals surface area contributed by atoms with E-state index in [0.717, 1.165) is 40.2 Å². The van der Waals surface area contributed by atoms with Gasteiger partial charge in [-0.25, -0.2) is 14.8 Å². The second-order valence-electron chi connectivity index (χ2n) is 5.95. The normalized spacial score (nSPS) is 11.0. The third kappa shape index (κ3) is 3.32. The summed E-state index contributed by atoms with van der Waals surface area (Å²) in [6, 6.07) is 13.4. The fraction of sp³-hybridized carbons (Fsp3) is 0.158. The maximum atomic E-state index is 11.4. The molecule has 0 atom stereocenters. The lowest BCUT2D eigenvalue weighted by Crippen LogP contribution is -2.05. The van der Waals surface area contributed by atoms with Crippen molar-refractivity contribution in [2.75, 3.05) is 5.32 Å². The van der Waals surface area contributed by atoms with Gasteiger partial charge in [0.05, 0.1) is 11.0 Å². The third-order valence-corrected chi connectivity index (χ3v) is 4.09. The summed E-state index contributed by atoms with van der Waals surface area (Å²) in [4.78, 5) is 30.4. The first kappa shape index (κ1) is 16.0. The smallest absolute Gasteiger partial charge is 0.323 e. The van der Waals surface area contributed by atoms with Gasteiger partial charge in [0.2, 0.25) is 0 Å². The highest BCUT2D eigenvalue weighted by Crippen LogP contribution is 2.17. The van der Waals surface area contributed by atoms with Crippen molar-refractivity contribution in [1.82, 2.24) is 24.9 Å². The molecule has 3 heterocycles. The summed E-state index contributed by atoms with van der Waals surface area (Å²) in [6.45, 7) is 2.65. The average Bonchev–Trinajstić information content (AvgIpc) is 3.06. The predicted octanol–water partition coefficient (Wildman–Crippen LogP) is 2.88. The number of rotatable bonds is 5. The SMILES string of the molecule is CCc1cc(NCc2ccc3[nH]c(=O)[nH]c3c2)nc(-c2ccccn2)n1. The van der Waals surface area contributed by atoms with E-state index in [0.29, 0.717) is 12.4 Å². The summed E-state index contributed by atoms with van der Waals surface area (Å²) in [6.07, 6.45) is 2.55. The molecule has 0 aliphatic carbocycles. The summed E-state index contributed by atoms with van der Waals surface area (Å²) in [7, 11) is 0. The van der Waals surface area contributed by atoms with E-state index in [1.54, 1.807) is 6.20 Å². The largest absolute Gasteiger partial charge is 0.366 e. The molecule has 130 valence electrons. The number of nitrogens with zero attached hydrogens (tertiary/aromatic N) is 3. The number of H-pyrrole nitrogens is 2. The number of benzene rings is 1. The predicted molar refractivity (Wildman–Crippen MR) is 101 cm³/mol.